The fraction of sp³-hybridized carbons (Fsp3) is 0.188. The van der Waals surface area contributed by atoms with Crippen molar-refractivity contribution in [1.29, 1.82) is 0 Å². The third-order valence-corrected chi connectivity index (χ3v) is 7.41. The summed E-state index contributed by atoms with van der Waals surface area (Å²) >= 11 is 0. The maximum atomic E-state index is 13.6. The van der Waals surface area contributed by atoms with Gasteiger partial charge in [0, 0.05) is 61.4 Å². The van der Waals surface area contributed by atoms with Gasteiger partial charge >= 0.3 is 12.1 Å². The molecule has 216 valence electrons. The van der Waals surface area contributed by atoms with Crippen LogP contribution in [0, 0.1) is 0 Å². The number of pyridine rings is 2. The summed E-state index contributed by atoms with van der Waals surface area (Å²) in [6.07, 6.45) is 5.29. The van der Waals surface area contributed by atoms with E-state index in [1.807, 2.05) is 60.7 Å². The van der Waals surface area contributed by atoms with Gasteiger partial charge in [-0.3, -0.25) is 14.8 Å². The molecule has 0 unspecified atom stereocenters. The van der Waals surface area contributed by atoms with Crippen LogP contribution in [0.2, 0.25) is 0 Å². The molecule has 11 heteroatoms. The first-order valence-electron chi connectivity index (χ1n) is 14.0. The van der Waals surface area contributed by atoms with Crippen molar-refractivity contribution in [1.82, 2.24) is 30.0 Å². The van der Waals surface area contributed by atoms with Crippen molar-refractivity contribution in [2.75, 3.05) is 11.9 Å². The second kappa shape index (κ2) is 12.1. The molecule has 1 aliphatic heterocycles. The van der Waals surface area contributed by atoms with Crippen molar-refractivity contribution < 1.29 is 14.7 Å². The third kappa shape index (κ3) is 6.20. The fourth-order valence-electron chi connectivity index (χ4n) is 5.15. The molecule has 0 saturated carbocycles. The van der Waals surface area contributed by atoms with Crippen LogP contribution in [0.1, 0.15) is 24.0 Å². The van der Waals surface area contributed by atoms with Crippen LogP contribution in [0.3, 0.4) is 0 Å². The number of amides is 3. The molecule has 11 nitrogen and oxygen atoms in total. The lowest BCUT2D eigenvalue weighted by Gasteiger charge is -2.16. The molecule has 43 heavy (non-hydrogen) atoms. The molecule has 3 amide bonds. The molecule has 0 saturated heterocycles. The van der Waals surface area contributed by atoms with Gasteiger partial charge in [-0.2, -0.15) is 5.10 Å². The van der Waals surface area contributed by atoms with E-state index in [0.717, 1.165) is 33.2 Å². The quantitative estimate of drug-likeness (QED) is 0.218. The van der Waals surface area contributed by atoms with Gasteiger partial charge < -0.3 is 20.6 Å². The highest BCUT2D eigenvalue weighted by molar-refractivity contribution is 5.90. The van der Waals surface area contributed by atoms with Crippen molar-refractivity contribution in [2.45, 2.75) is 32.5 Å². The van der Waals surface area contributed by atoms with Gasteiger partial charge in [0.15, 0.2) is 0 Å². The SMILES string of the molecule is O=C(O)NCCCCn1nc(-c2ccc(NC(=O)N3Cc4ccncc4C3)cc2)cc(-c2ccc3cccnc3c2)c1=O. The Morgan fingerprint density at radius 2 is 1.72 bits per heavy atom. The van der Waals surface area contributed by atoms with Gasteiger partial charge in [0.1, 0.15) is 0 Å². The Bertz CT molecular complexity index is 1850. The van der Waals surface area contributed by atoms with E-state index >= 15 is 0 Å². The lowest BCUT2D eigenvalue weighted by Crippen LogP contribution is -2.30. The standard InChI is InChI=1S/C32H29N7O4/c40-30-27(23-6-5-21-4-3-13-34-28(21)16-23)17-29(37-39(30)15-2-1-12-35-32(42)43)22-7-9-26(10-8-22)36-31(41)38-19-24-11-14-33-18-25(24)20-38/h3-11,13-14,16-18,35H,1-2,12,15,19-20H2,(H,36,41)(H,42,43). The van der Waals surface area contributed by atoms with Crippen LogP contribution in [0.4, 0.5) is 15.3 Å². The van der Waals surface area contributed by atoms with Crippen molar-refractivity contribution in [3.8, 4) is 22.4 Å². The summed E-state index contributed by atoms with van der Waals surface area (Å²) in [5.74, 6) is 0. The maximum absolute atomic E-state index is 13.6. The van der Waals surface area contributed by atoms with Crippen LogP contribution < -0.4 is 16.2 Å². The van der Waals surface area contributed by atoms with E-state index in [-0.39, 0.29) is 11.6 Å². The predicted octanol–water partition coefficient (Wildman–Crippen LogP) is 5.12. The molecular weight excluding hydrogens is 546 g/mol. The maximum Gasteiger partial charge on any atom is 0.404 e. The van der Waals surface area contributed by atoms with E-state index in [0.29, 0.717) is 56.0 Å². The minimum atomic E-state index is -1.08. The second-order valence-corrected chi connectivity index (χ2v) is 10.3. The minimum Gasteiger partial charge on any atom is -0.465 e. The van der Waals surface area contributed by atoms with Gasteiger partial charge in [-0.05, 0) is 65.9 Å². The first kappa shape index (κ1) is 27.6. The Hall–Kier alpha value is -5.58. The number of carbonyl (C=O) groups is 2. The summed E-state index contributed by atoms with van der Waals surface area (Å²) in [5.41, 5.74) is 5.91. The van der Waals surface area contributed by atoms with Gasteiger partial charge in [-0.15, -0.1) is 0 Å². The molecule has 4 heterocycles. The molecule has 0 fully saturated rings. The van der Waals surface area contributed by atoms with Crippen LogP contribution in [0.15, 0.2) is 90.1 Å². The molecule has 3 aromatic heterocycles. The average molecular weight is 576 g/mol. The van der Waals surface area contributed by atoms with Crippen molar-refractivity contribution in [3.63, 3.8) is 0 Å². The summed E-state index contributed by atoms with van der Waals surface area (Å²) < 4.78 is 1.43. The van der Waals surface area contributed by atoms with Crippen LogP contribution in [-0.2, 0) is 19.6 Å². The fourth-order valence-corrected chi connectivity index (χ4v) is 5.15. The number of nitrogens with zero attached hydrogens (tertiary/aromatic N) is 5. The summed E-state index contributed by atoms with van der Waals surface area (Å²) in [6.45, 7) is 1.67. The van der Waals surface area contributed by atoms with Crippen LogP contribution in [-0.4, -0.2) is 48.4 Å². The van der Waals surface area contributed by atoms with E-state index in [2.05, 4.69) is 25.7 Å². The Morgan fingerprint density at radius 3 is 2.53 bits per heavy atom. The smallest absolute Gasteiger partial charge is 0.404 e. The summed E-state index contributed by atoms with van der Waals surface area (Å²) in [7, 11) is 0. The molecule has 6 rings (SSSR count). The molecule has 3 N–H and O–H groups in total. The van der Waals surface area contributed by atoms with Gasteiger partial charge in [0.25, 0.3) is 5.56 Å². The zero-order chi connectivity index (χ0) is 29.8. The number of carbonyl (C=O) groups excluding carboxylic acids is 1. The van der Waals surface area contributed by atoms with Gasteiger partial charge in [0.2, 0.25) is 0 Å². The molecule has 0 radical (unpaired) electrons. The van der Waals surface area contributed by atoms with Crippen LogP contribution >= 0.6 is 0 Å². The first-order chi connectivity index (χ1) is 20.9. The normalized spacial score (nSPS) is 12.2. The minimum absolute atomic E-state index is 0.194. The number of hydrogen-bond acceptors (Lipinski definition) is 6. The average Bonchev–Trinajstić information content (AvgIpc) is 3.46. The number of rotatable bonds is 8. The van der Waals surface area contributed by atoms with E-state index in [1.54, 1.807) is 29.6 Å². The Morgan fingerprint density at radius 1 is 0.907 bits per heavy atom. The highest BCUT2D eigenvalue weighted by Gasteiger charge is 2.23. The zero-order valence-electron chi connectivity index (χ0n) is 23.2. The van der Waals surface area contributed by atoms with E-state index < -0.39 is 6.09 Å². The summed E-state index contributed by atoms with van der Waals surface area (Å²) in [4.78, 5) is 47.5. The monoisotopic (exact) mass is 575 g/mol. The number of nitrogens with one attached hydrogen (secondary N) is 2. The molecule has 0 aliphatic carbocycles. The third-order valence-electron chi connectivity index (χ3n) is 7.41. The van der Waals surface area contributed by atoms with Crippen molar-refractivity contribution >= 4 is 28.7 Å². The van der Waals surface area contributed by atoms with Crippen molar-refractivity contribution in [2.24, 2.45) is 0 Å². The molecule has 5 aromatic rings. The van der Waals surface area contributed by atoms with Gasteiger partial charge in [-0.25, -0.2) is 14.3 Å². The topological polar surface area (TPSA) is 142 Å². The molecule has 0 bridgehead atoms. The molecular formula is C32H29N7O4. The van der Waals surface area contributed by atoms with E-state index in [4.69, 9.17) is 5.11 Å². The molecule has 0 spiro atoms. The van der Waals surface area contributed by atoms with E-state index in [9.17, 15) is 14.4 Å². The van der Waals surface area contributed by atoms with Gasteiger partial charge in [-0.1, -0.05) is 30.3 Å². The summed E-state index contributed by atoms with van der Waals surface area (Å²) in [5, 5.41) is 19.7. The number of benzene rings is 2. The van der Waals surface area contributed by atoms with Crippen molar-refractivity contribution in [3.05, 3.63) is 107 Å². The number of urea groups is 1. The lowest BCUT2D eigenvalue weighted by molar-refractivity contribution is 0.194. The van der Waals surface area contributed by atoms with E-state index in [1.165, 1.54) is 4.68 Å². The van der Waals surface area contributed by atoms with Gasteiger partial charge in [0.05, 0.1) is 16.8 Å². The highest BCUT2D eigenvalue weighted by atomic mass is 16.4. The first-order valence-corrected chi connectivity index (χ1v) is 14.0. The van der Waals surface area contributed by atoms with Crippen LogP contribution in [0.25, 0.3) is 33.3 Å². The number of carboxylic acid groups (broad SMARTS) is 1. The number of aromatic nitrogens is 4. The second-order valence-electron chi connectivity index (χ2n) is 10.3. The zero-order valence-corrected chi connectivity index (χ0v) is 23.2. The highest BCUT2D eigenvalue weighted by Crippen LogP contribution is 2.27. The molecule has 0 atom stereocenters. The molecule has 1 aliphatic rings. The number of hydrogen-bond donors (Lipinski definition) is 3. The lowest BCUT2D eigenvalue weighted by atomic mass is 10.0. The summed E-state index contributed by atoms with van der Waals surface area (Å²) in [6, 6.07) is 20.4. The number of unbranched alkanes of at least 4 members (excludes halogenated alkanes) is 1. The number of anilines is 1. The van der Waals surface area contributed by atoms with Crippen LogP contribution in [0.5, 0.6) is 0 Å². The Balaban J connectivity index is 1.25. The largest absolute Gasteiger partial charge is 0.465 e. The predicted molar refractivity (Wildman–Crippen MR) is 162 cm³/mol. The number of fused-ring (bicyclic) bond motifs is 2. The Labute approximate surface area is 246 Å². The number of aryl methyl sites for hydroxylation is 1. The molecule has 2 aromatic carbocycles. The Kier molecular flexibility index (Phi) is 7.77.